The summed E-state index contributed by atoms with van der Waals surface area (Å²) in [6.45, 7) is 8.90. The summed E-state index contributed by atoms with van der Waals surface area (Å²) in [5.74, 6) is 0. The maximum atomic E-state index is 7.29. The third kappa shape index (κ3) is 13.0. The van der Waals surface area contributed by atoms with Crippen LogP contribution in [0, 0.1) is 0 Å². The van der Waals surface area contributed by atoms with Crippen molar-refractivity contribution in [2.45, 2.75) is 143 Å². The van der Waals surface area contributed by atoms with Gasteiger partial charge in [-0.1, -0.05) is 189 Å². The molecule has 2 atom stereocenters. The van der Waals surface area contributed by atoms with Crippen molar-refractivity contribution < 1.29 is 4.74 Å². The molecule has 5 heteroatoms. The van der Waals surface area contributed by atoms with E-state index < -0.39 is 12.2 Å². The lowest BCUT2D eigenvalue weighted by Gasteiger charge is -2.25. The third-order valence-electron chi connectivity index (χ3n) is 11.7. The first-order valence-corrected chi connectivity index (χ1v) is 22.7. The molecule has 0 spiro atoms. The van der Waals surface area contributed by atoms with E-state index in [-0.39, 0.29) is 0 Å². The first-order valence-electron chi connectivity index (χ1n) is 22.7. The van der Waals surface area contributed by atoms with Crippen LogP contribution in [0.25, 0.3) is 22.5 Å². The average molecular weight is 787 g/mol. The number of aryl methyl sites for hydroxylation is 4. The lowest BCUT2D eigenvalue weighted by atomic mass is 9.99. The second-order valence-electron chi connectivity index (χ2n) is 16.2. The summed E-state index contributed by atoms with van der Waals surface area (Å²) in [5, 5.41) is 0. The van der Waals surface area contributed by atoms with Crippen molar-refractivity contribution in [3.63, 3.8) is 0 Å². The summed E-state index contributed by atoms with van der Waals surface area (Å²) in [6, 6.07) is 35.1. The Bertz CT molecular complexity index is 1910. The molecule has 0 bridgehead atoms. The summed E-state index contributed by atoms with van der Waals surface area (Å²) in [7, 11) is 0. The molecule has 4 aromatic carbocycles. The van der Waals surface area contributed by atoms with E-state index in [2.05, 4.69) is 125 Å². The summed E-state index contributed by atoms with van der Waals surface area (Å²) in [5.41, 5.74) is 12.7. The minimum Gasteiger partial charge on any atom is -0.353 e. The molecular formula is C54H66N4O. The third-order valence-corrected chi connectivity index (χ3v) is 11.7. The van der Waals surface area contributed by atoms with Crippen LogP contribution in [0.2, 0.25) is 0 Å². The second kappa shape index (κ2) is 23.6. The first kappa shape index (κ1) is 43.6. The van der Waals surface area contributed by atoms with E-state index in [1.807, 2.05) is 24.8 Å². The Labute approximate surface area is 355 Å². The molecule has 2 aromatic heterocycles. The Hall–Kier alpha value is -5.00. The van der Waals surface area contributed by atoms with E-state index in [4.69, 9.17) is 24.7 Å². The SMILES string of the molecule is CCCCCCCCc1ccc(C(OC(c2ccc(CCCCCCCC)cc2)c2cnc(-c3ccc(CC)cc3)cn2)c2cnc(-c3ccc(CC)cc3)cn2)cc1. The molecule has 0 radical (unpaired) electrons. The second-order valence-corrected chi connectivity index (χ2v) is 16.2. The van der Waals surface area contributed by atoms with Gasteiger partial charge in [0, 0.05) is 11.1 Å². The highest BCUT2D eigenvalue weighted by Gasteiger charge is 2.26. The molecule has 0 aliphatic heterocycles. The van der Waals surface area contributed by atoms with Gasteiger partial charge >= 0.3 is 0 Å². The number of hydrogen-bond donors (Lipinski definition) is 0. The quantitative estimate of drug-likeness (QED) is 0.0572. The molecule has 2 heterocycles. The van der Waals surface area contributed by atoms with Crippen LogP contribution in [0.3, 0.4) is 0 Å². The van der Waals surface area contributed by atoms with Crippen molar-refractivity contribution >= 4 is 0 Å². The van der Waals surface area contributed by atoms with Gasteiger partial charge in [0.2, 0.25) is 0 Å². The van der Waals surface area contributed by atoms with E-state index in [0.29, 0.717) is 0 Å². The Morgan fingerprint density at radius 2 is 0.729 bits per heavy atom. The zero-order valence-electron chi connectivity index (χ0n) is 36.2. The number of unbranched alkanes of at least 4 members (excludes halogenated alkanes) is 10. The molecule has 0 saturated heterocycles. The molecule has 308 valence electrons. The number of benzene rings is 4. The highest BCUT2D eigenvalue weighted by Crippen LogP contribution is 2.36. The lowest BCUT2D eigenvalue weighted by Crippen LogP contribution is -2.16. The van der Waals surface area contributed by atoms with Crippen LogP contribution in [-0.4, -0.2) is 19.9 Å². The standard InChI is InChI=1S/C54H66N4O/c1-5-9-11-13-15-17-19-43-25-33-47(34-26-43)53(51-39-55-49(37-57-51)45-29-21-41(7-3)22-30-45)59-54(48-35-27-44(28-36-48)20-18-16-14-12-10-6-2)52-40-56-50(38-58-52)46-31-23-42(8-4)24-32-46/h21-40,53-54H,5-20H2,1-4H3. The molecule has 59 heavy (non-hydrogen) atoms. The predicted octanol–water partition coefficient (Wildman–Crippen LogP) is 14.4. The molecule has 0 aliphatic carbocycles. The molecule has 0 fully saturated rings. The van der Waals surface area contributed by atoms with Crippen molar-refractivity contribution in [1.82, 2.24) is 19.9 Å². The first-order chi connectivity index (χ1) is 29.1. The topological polar surface area (TPSA) is 60.8 Å². The van der Waals surface area contributed by atoms with Crippen molar-refractivity contribution in [3.05, 3.63) is 167 Å². The minimum atomic E-state index is -0.488. The lowest BCUT2D eigenvalue weighted by molar-refractivity contribution is 0.0258. The summed E-state index contributed by atoms with van der Waals surface area (Å²) < 4.78 is 7.29. The normalized spacial score (nSPS) is 12.4. The largest absolute Gasteiger partial charge is 0.353 e. The van der Waals surface area contributed by atoms with Crippen LogP contribution < -0.4 is 0 Å². The van der Waals surface area contributed by atoms with Crippen LogP contribution in [0.15, 0.2) is 122 Å². The van der Waals surface area contributed by atoms with E-state index in [1.54, 1.807) is 0 Å². The van der Waals surface area contributed by atoms with Gasteiger partial charge < -0.3 is 4.74 Å². The molecule has 0 aliphatic rings. The van der Waals surface area contributed by atoms with Crippen molar-refractivity contribution in [1.29, 1.82) is 0 Å². The van der Waals surface area contributed by atoms with E-state index in [9.17, 15) is 0 Å². The molecule has 0 saturated carbocycles. The van der Waals surface area contributed by atoms with Gasteiger partial charge in [-0.3, -0.25) is 19.9 Å². The van der Waals surface area contributed by atoms with Gasteiger partial charge in [0.25, 0.3) is 0 Å². The fourth-order valence-electron chi connectivity index (χ4n) is 7.78. The van der Waals surface area contributed by atoms with Crippen LogP contribution in [0.1, 0.15) is 162 Å². The maximum Gasteiger partial charge on any atom is 0.127 e. The Kier molecular flexibility index (Phi) is 17.4. The van der Waals surface area contributed by atoms with Gasteiger partial charge in [-0.15, -0.1) is 0 Å². The monoisotopic (exact) mass is 787 g/mol. The molecule has 2 unspecified atom stereocenters. The number of nitrogens with zero attached hydrogens (tertiary/aromatic N) is 4. The van der Waals surface area contributed by atoms with Crippen LogP contribution in [0.5, 0.6) is 0 Å². The molecular weight excluding hydrogens is 721 g/mol. The van der Waals surface area contributed by atoms with Gasteiger partial charge in [-0.05, 0) is 71.9 Å². The van der Waals surface area contributed by atoms with Crippen molar-refractivity contribution in [3.8, 4) is 22.5 Å². The average Bonchev–Trinajstić information content (AvgIpc) is 3.30. The molecule has 5 nitrogen and oxygen atoms in total. The van der Waals surface area contributed by atoms with E-state index >= 15 is 0 Å². The molecule has 0 amide bonds. The highest BCUT2D eigenvalue weighted by atomic mass is 16.5. The molecule has 6 aromatic rings. The number of hydrogen-bond acceptors (Lipinski definition) is 5. The minimum absolute atomic E-state index is 0.488. The smallest absolute Gasteiger partial charge is 0.127 e. The summed E-state index contributed by atoms with van der Waals surface area (Å²) in [4.78, 5) is 20.0. The molecule has 6 rings (SSSR count). The summed E-state index contributed by atoms with van der Waals surface area (Å²) >= 11 is 0. The zero-order chi connectivity index (χ0) is 41.1. The number of ether oxygens (including phenoxy) is 1. The van der Waals surface area contributed by atoms with Crippen LogP contribution >= 0.6 is 0 Å². The zero-order valence-corrected chi connectivity index (χ0v) is 36.2. The van der Waals surface area contributed by atoms with Gasteiger partial charge in [0.1, 0.15) is 12.2 Å². The van der Waals surface area contributed by atoms with Gasteiger partial charge in [0.05, 0.1) is 47.6 Å². The number of aromatic nitrogens is 4. The maximum absolute atomic E-state index is 7.29. The Morgan fingerprint density at radius 1 is 0.373 bits per heavy atom. The van der Waals surface area contributed by atoms with Gasteiger partial charge in [-0.2, -0.15) is 0 Å². The number of rotatable bonds is 24. The van der Waals surface area contributed by atoms with E-state index in [1.165, 1.54) is 99.3 Å². The fourth-order valence-corrected chi connectivity index (χ4v) is 7.78. The fraction of sp³-hybridized carbons (Fsp3) is 0.407. The highest BCUT2D eigenvalue weighted by molar-refractivity contribution is 5.59. The Morgan fingerprint density at radius 3 is 1.07 bits per heavy atom. The predicted molar refractivity (Wildman–Crippen MR) is 246 cm³/mol. The van der Waals surface area contributed by atoms with Crippen molar-refractivity contribution in [2.75, 3.05) is 0 Å². The summed E-state index contributed by atoms with van der Waals surface area (Å²) in [6.07, 6.45) is 26.2. The van der Waals surface area contributed by atoms with Crippen molar-refractivity contribution in [2.24, 2.45) is 0 Å². The van der Waals surface area contributed by atoms with Crippen LogP contribution in [0.4, 0.5) is 0 Å². The van der Waals surface area contributed by atoms with Crippen LogP contribution in [-0.2, 0) is 30.4 Å². The molecule has 0 N–H and O–H groups in total. The van der Waals surface area contributed by atoms with E-state index in [0.717, 1.165) is 70.7 Å². The Balaban J connectivity index is 1.30. The van der Waals surface area contributed by atoms with Gasteiger partial charge in [0.15, 0.2) is 0 Å². The van der Waals surface area contributed by atoms with Gasteiger partial charge in [-0.25, -0.2) is 0 Å².